The first-order chi connectivity index (χ1) is 6.31. The lowest BCUT2D eigenvalue weighted by atomic mass is 10.2. The van der Waals surface area contributed by atoms with E-state index >= 15 is 0 Å². The highest BCUT2D eigenvalue weighted by Crippen LogP contribution is 2.47. The van der Waals surface area contributed by atoms with E-state index in [1.807, 2.05) is 0 Å². The SMILES string of the molecule is O=[C]C(F)(F)C(F)(F)C(F)(F)S(=O)(=O)F. The molecule has 0 aliphatic rings. The third-order valence-electron chi connectivity index (χ3n) is 1.19. The van der Waals surface area contributed by atoms with Crippen molar-refractivity contribution in [3.8, 4) is 0 Å². The average molecular weight is 261 g/mol. The maximum absolute atomic E-state index is 12.1. The molecule has 0 rings (SSSR count). The van der Waals surface area contributed by atoms with E-state index in [1.54, 1.807) is 0 Å². The highest BCUT2D eigenvalue weighted by atomic mass is 32.3. The van der Waals surface area contributed by atoms with Gasteiger partial charge in [0.15, 0.2) is 0 Å². The Morgan fingerprint density at radius 3 is 1.47 bits per heavy atom. The summed E-state index contributed by atoms with van der Waals surface area (Å²) in [5.41, 5.74) is 0. The molecule has 0 saturated heterocycles. The van der Waals surface area contributed by atoms with E-state index in [2.05, 4.69) is 0 Å². The topological polar surface area (TPSA) is 51.2 Å². The fourth-order valence-electron chi connectivity index (χ4n) is 0.400. The fraction of sp³-hybridized carbons (Fsp3) is 0.750. The molecule has 0 aromatic carbocycles. The van der Waals surface area contributed by atoms with Crippen LogP contribution < -0.4 is 0 Å². The Hall–Kier alpha value is -0.870. The zero-order chi connectivity index (χ0) is 12.7. The van der Waals surface area contributed by atoms with Gasteiger partial charge in [0.2, 0.25) is 0 Å². The van der Waals surface area contributed by atoms with E-state index < -0.39 is 33.6 Å². The number of carbonyl (C=O) groups excluding carboxylic acids is 1. The molecule has 0 aromatic rings. The van der Waals surface area contributed by atoms with E-state index in [0.29, 0.717) is 0 Å². The minimum Gasteiger partial charge on any atom is -0.283 e. The molecule has 0 fully saturated rings. The summed E-state index contributed by atoms with van der Waals surface area (Å²) in [6.45, 7) is 0. The zero-order valence-electron chi connectivity index (χ0n) is 6.28. The second-order valence-electron chi connectivity index (χ2n) is 2.21. The highest BCUT2D eigenvalue weighted by Gasteiger charge is 2.78. The van der Waals surface area contributed by atoms with E-state index in [-0.39, 0.29) is 0 Å². The summed E-state index contributed by atoms with van der Waals surface area (Å²) in [5.74, 6) is -12.9. The standard InChI is InChI=1S/C4F7O3S/c5-2(6,1-12)3(7,8)4(9,10)15(11,13)14. The van der Waals surface area contributed by atoms with Crippen LogP contribution in [0.25, 0.3) is 0 Å². The van der Waals surface area contributed by atoms with Gasteiger partial charge in [-0.15, -0.1) is 0 Å². The average Bonchev–Trinajstić information content (AvgIpc) is 2.01. The summed E-state index contributed by atoms with van der Waals surface area (Å²) in [6, 6.07) is 0. The molecule has 0 N–H and O–H groups in total. The summed E-state index contributed by atoms with van der Waals surface area (Å²) in [7, 11) is -7.30. The molecule has 15 heavy (non-hydrogen) atoms. The molecular formula is C4F7O3S. The van der Waals surface area contributed by atoms with Gasteiger partial charge in [-0.25, -0.2) is 0 Å². The summed E-state index contributed by atoms with van der Waals surface area (Å²) in [5, 5.41) is -6.72. The van der Waals surface area contributed by atoms with Crippen molar-refractivity contribution >= 4 is 16.5 Å². The molecule has 0 unspecified atom stereocenters. The molecule has 0 bridgehead atoms. The molecule has 0 spiro atoms. The maximum atomic E-state index is 12.1. The van der Waals surface area contributed by atoms with E-state index in [4.69, 9.17) is 0 Å². The Labute approximate surface area is 78.1 Å². The normalized spacial score (nSPS) is 15.1. The van der Waals surface area contributed by atoms with Gasteiger partial charge in [-0.1, -0.05) is 3.89 Å². The number of rotatable bonds is 4. The van der Waals surface area contributed by atoms with Gasteiger partial charge in [-0.3, -0.25) is 4.79 Å². The molecule has 3 nitrogen and oxygen atoms in total. The first-order valence-electron chi connectivity index (χ1n) is 2.78. The fourth-order valence-corrected chi connectivity index (χ4v) is 0.834. The zero-order valence-corrected chi connectivity index (χ0v) is 7.10. The van der Waals surface area contributed by atoms with Crippen LogP contribution in [0, 0.1) is 0 Å². The molecule has 0 aliphatic heterocycles. The lowest BCUT2D eigenvalue weighted by Gasteiger charge is -2.26. The van der Waals surface area contributed by atoms with Gasteiger partial charge in [-0.05, 0) is 0 Å². The minimum absolute atomic E-state index is 0.785. The monoisotopic (exact) mass is 261 g/mol. The molecule has 0 atom stereocenters. The van der Waals surface area contributed by atoms with Crippen LogP contribution in [0.1, 0.15) is 0 Å². The Morgan fingerprint density at radius 1 is 0.933 bits per heavy atom. The number of hydrogen-bond donors (Lipinski definition) is 0. The van der Waals surface area contributed by atoms with Crippen molar-refractivity contribution in [3.63, 3.8) is 0 Å². The van der Waals surface area contributed by atoms with Gasteiger partial charge in [0.25, 0.3) is 6.29 Å². The third kappa shape index (κ3) is 1.92. The molecule has 0 saturated carbocycles. The van der Waals surface area contributed by atoms with Crippen molar-refractivity contribution in [2.75, 3.05) is 0 Å². The Morgan fingerprint density at radius 2 is 1.27 bits per heavy atom. The molecule has 0 aliphatic carbocycles. The predicted molar refractivity (Wildman–Crippen MR) is 30.6 cm³/mol. The third-order valence-corrected chi connectivity index (χ3v) is 2.06. The van der Waals surface area contributed by atoms with Gasteiger partial charge < -0.3 is 0 Å². The van der Waals surface area contributed by atoms with Gasteiger partial charge in [-0.2, -0.15) is 34.8 Å². The Bertz CT molecular complexity index is 358. The largest absolute Gasteiger partial charge is 0.443 e. The summed E-state index contributed by atoms with van der Waals surface area (Å²) in [6.07, 6.45) is -0.785. The first kappa shape index (κ1) is 14.1. The van der Waals surface area contributed by atoms with Crippen LogP contribution in [-0.2, 0) is 15.0 Å². The van der Waals surface area contributed by atoms with E-state index in [1.165, 1.54) is 0 Å². The van der Waals surface area contributed by atoms with Crippen molar-refractivity contribution in [1.29, 1.82) is 0 Å². The number of hydrogen-bond acceptors (Lipinski definition) is 3. The van der Waals surface area contributed by atoms with Gasteiger partial charge in [0, 0.05) is 0 Å². The molecule has 0 aromatic heterocycles. The van der Waals surface area contributed by atoms with Crippen molar-refractivity contribution < 1.29 is 43.4 Å². The van der Waals surface area contributed by atoms with Crippen LogP contribution >= 0.6 is 0 Å². The van der Waals surface area contributed by atoms with Crippen molar-refractivity contribution in [2.45, 2.75) is 17.1 Å². The predicted octanol–water partition coefficient (Wildman–Crippen LogP) is 1.26. The summed E-state index contributed by atoms with van der Waals surface area (Å²) >= 11 is 0. The van der Waals surface area contributed by atoms with Crippen LogP contribution in [0.3, 0.4) is 0 Å². The van der Waals surface area contributed by atoms with E-state index in [0.717, 1.165) is 0 Å². The minimum atomic E-state index is -7.30. The van der Waals surface area contributed by atoms with Gasteiger partial charge in [0.05, 0.1) is 0 Å². The Balaban J connectivity index is 5.69. The van der Waals surface area contributed by atoms with Crippen LogP contribution in [-0.4, -0.2) is 31.8 Å². The lowest BCUT2D eigenvalue weighted by Crippen LogP contribution is -2.57. The molecule has 11 heteroatoms. The second kappa shape index (κ2) is 3.32. The second-order valence-corrected chi connectivity index (χ2v) is 3.59. The molecular weight excluding hydrogens is 261 g/mol. The molecule has 0 heterocycles. The van der Waals surface area contributed by atoms with Crippen molar-refractivity contribution in [3.05, 3.63) is 0 Å². The van der Waals surface area contributed by atoms with Gasteiger partial charge in [0.1, 0.15) is 0 Å². The summed E-state index contributed by atoms with van der Waals surface area (Å²) in [4.78, 5) is 9.24. The van der Waals surface area contributed by atoms with Gasteiger partial charge >= 0.3 is 27.3 Å². The smallest absolute Gasteiger partial charge is 0.283 e. The van der Waals surface area contributed by atoms with Crippen molar-refractivity contribution in [2.24, 2.45) is 0 Å². The van der Waals surface area contributed by atoms with Crippen LogP contribution in [0.15, 0.2) is 0 Å². The lowest BCUT2D eigenvalue weighted by molar-refractivity contribution is -0.251. The highest BCUT2D eigenvalue weighted by molar-refractivity contribution is 7.87. The van der Waals surface area contributed by atoms with Crippen LogP contribution in [0.4, 0.5) is 30.2 Å². The van der Waals surface area contributed by atoms with Crippen LogP contribution in [0.5, 0.6) is 0 Å². The maximum Gasteiger partial charge on any atom is 0.443 e. The Kier molecular flexibility index (Phi) is 3.13. The quantitative estimate of drug-likeness (QED) is 0.565. The van der Waals surface area contributed by atoms with E-state index in [9.17, 15) is 43.4 Å². The first-order valence-corrected chi connectivity index (χ1v) is 4.16. The number of alkyl halides is 6. The molecule has 1 radical (unpaired) electrons. The van der Waals surface area contributed by atoms with Crippen molar-refractivity contribution in [1.82, 2.24) is 0 Å². The molecule has 89 valence electrons. The number of halogens is 7. The van der Waals surface area contributed by atoms with Crippen LogP contribution in [0.2, 0.25) is 0 Å². The summed E-state index contributed by atoms with van der Waals surface area (Å²) < 4.78 is 103. The molecule has 0 amide bonds.